The van der Waals surface area contributed by atoms with Crippen molar-refractivity contribution in [1.29, 1.82) is 0 Å². The summed E-state index contributed by atoms with van der Waals surface area (Å²) < 4.78 is 0. The lowest BCUT2D eigenvalue weighted by Crippen LogP contribution is -2.36. The number of aryl methyl sites for hydroxylation is 1. The Morgan fingerprint density at radius 1 is 1.20 bits per heavy atom. The molecule has 1 amide bonds. The summed E-state index contributed by atoms with van der Waals surface area (Å²) >= 11 is 0. The Balaban J connectivity index is 1.70. The second-order valence-electron chi connectivity index (χ2n) is 6.58. The normalized spacial score (nSPS) is 15.2. The molecule has 132 valence electrons. The second kappa shape index (κ2) is 7.57. The van der Waals surface area contributed by atoms with Gasteiger partial charge in [0.25, 0.3) is 0 Å². The Labute approximate surface area is 147 Å². The van der Waals surface area contributed by atoms with Crippen LogP contribution in [0.4, 0.5) is 11.4 Å². The van der Waals surface area contributed by atoms with Gasteiger partial charge in [0.15, 0.2) is 0 Å². The number of nitrogens with one attached hydrogen (secondary N) is 1. The number of aromatic hydroxyl groups is 1. The summed E-state index contributed by atoms with van der Waals surface area (Å²) in [4.78, 5) is 14.6. The molecule has 25 heavy (non-hydrogen) atoms. The van der Waals surface area contributed by atoms with E-state index in [1.165, 1.54) is 0 Å². The van der Waals surface area contributed by atoms with Crippen LogP contribution in [0.2, 0.25) is 0 Å². The summed E-state index contributed by atoms with van der Waals surface area (Å²) in [6.45, 7) is 3.38. The molecule has 0 bridgehead atoms. The molecule has 1 aliphatic heterocycles. The maximum absolute atomic E-state index is 12.4. The van der Waals surface area contributed by atoms with Crippen LogP contribution in [0.25, 0.3) is 0 Å². The van der Waals surface area contributed by atoms with Gasteiger partial charge in [0.1, 0.15) is 5.75 Å². The van der Waals surface area contributed by atoms with E-state index in [0.29, 0.717) is 0 Å². The number of aliphatic hydroxyl groups excluding tert-OH is 1. The predicted octanol–water partition coefficient (Wildman–Crippen LogP) is 2.84. The predicted molar refractivity (Wildman–Crippen MR) is 99.1 cm³/mol. The molecule has 5 heteroatoms. The first kappa shape index (κ1) is 17.3. The zero-order valence-corrected chi connectivity index (χ0v) is 14.4. The number of benzene rings is 2. The molecule has 1 heterocycles. The van der Waals surface area contributed by atoms with E-state index < -0.39 is 0 Å². The molecular weight excluding hydrogens is 316 g/mol. The summed E-state index contributed by atoms with van der Waals surface area (Å²) in [5.74, 6) is 0.0883. The van der Waals surface area contributed by atoms with Gasteiger partial charge in [-0.15, -0.1) is 0 Å². The second-order valence-corrected chi connectivity index (χ2v) is 6.58. The fourth-order valence-electron chi connectivity index (χ4n) is 3.11. The van der Waals surface area contributed by atoms with E-state index in [0.717, 1.165) is 48.4 Å². The van der Waals surface area contributed by atoms with Crippen LogP contribution < -0.4 is 10.2 Å². The number of hydrogen-bond acceptors (Lipinski definition) is 4. The summed E-state index contributed by atoms with van der Waals surface area (Å²) in [7, 11) is 0. The Kier molecular flexibility index (Phi) is 5.24. The van der Waals surface area contributed by atoms with Gasteiger partial charge in [-0.2, -0.15) is 0 Å². The topological polar surface area (TPSA) is 72.8 Å². The number of phenols is 1. The molecule has 2 aromatic carbocycles. The average molecular weight is 340 g/mol. The van der Waals surface area contributed by atoms with Crippen molar-refractivity contribution in [2.24, 2.45) is 0 Å². The number of carbonyl (C=O) groups excluding carboxylic acids is 1. The van der Waals surface area contributed by atoms with Gasteiger partial charge < -0.3 is 20.4 Å². The Morgan fingerprint density at radius 3 is 2.64 bits per heavy atom. The first-order valence-corrected chi connectivity index (χ1v) is 8.63. The molecule has 0 aromatic heterocycles. The van der Waals surface area contributed by atoms with Gasteiger partial charge in [0, 0.05) is 13.1 Å². The molecule has 0 aliphatic carbocycles. The van der Waals surface area contributed by atoms with Crippen LogP contribution in [0, 0.1) is 6.92 Å². The average Bonchev–Trinajstić information content (AvgIpc) is 2.59. The fraction of sp³-hybridized carbons (Fsp3) is 0.350. The largest absolute Gasteiger partial charge is 0.508 e. The van der Waals surface area contributed by atoms with E-state index in [-0.39, 0.29) is 24.2 Å². The first-order valence-electron chi connectivity index (χ1n) is 8.63. The quantitative estimate of drug-likeness (QED) is 0.800. The SMILES string of the molecule is Cc1ccc(CC(=O)Nc2ccccc2N2CCC(O)CC2)cc1O. The third-order valence-corrected chi connectivity index (χ3v) is 4.62. The highest BCUT2D eigenvalue weighted by molar-refractivity contribution is 5.95. The zero-order valence-electron chi connectivity index (χ0n) is 14.4. The van der Waals surface area contributed by atoms with Crippen molar-refractivity contribution in [3.63, 3.8) is 0 Å². The van der Waals surface area contributed by atoms with Crippen molar-refractivity contribution in [2.45, 2.75) is 32.3 Å². The molecule has 1 aliphatic rings. The van der Waals surface area contributed by atoms with Gasteiger partial charge in [-0.3, -0.25) is 4.79 Å². The number of nitrogens with zero attached hydrogens (tertiary/aromatic N) is 1. The highest BCUT2D eigenvalue weighted by Crippen LogP contribution is 2.28. The van der Waals surface area contributed by atoms with Crippen LogP contribution in [0.3, 0.4) is 0 Å². The van der Waals surface area contributed by atoms with Crippen molar-refractivity contribution < 1.29 is 15.0 Å². The molecule has 0 radical (unpaired) electrons. The number of hydrogen-bond donors (Lipinski definition) is 3. The molecule has 0 atom stereocenters. The standard InChI is InChI=1S/C20H24N2O3/c1-14-6-7-15(12-19(14)24)13-20(25)21-17-4-2-3-5-18(17)22-10-8-16(23)9-11-22/h2-7,12,16,23-24H,8-11,13H2,1H3,(H,21,25). The highest BCUT2D eigenvalue weighted by Gasteiger charge is 2.19. The third kappa shape index (κ3) is 4.31. The highest BCUT2D eigenvalue weighted by atomic mass is 16.3. The minimum atomic E-state index is -0.229. The van der Waals surface area contributed by atoms with Crippen LogP contribution in [0.15, 0.2) is 42.5 Å². The minimum absolute atomic E-state index is 0.118. The van der Waals surface area contributed by atoms with E-state index >= 15 is 0 Å². The van der Waals surface area contributed by atoms with E-state index in [4.69, 9.17) is 0 Å². The smallest absolute Gasteiger partial charge is 0.228 e. The number of phenolic OH excluding ortho intramolecular Hbond substituents is 1. The molecule has 1 saturated heterocycles. The lowest BCUT2D eigenvalue weighted by molar-refractivity contribution is -0.115. The lowest BCUT2D eigenvalue weighted by Gasteiger charge is -2.32. The van der Waals surface area contributed by atoms with E-state index in [2.05, 4.69) is 10.2 Å². The van der Waals surface area contributed by atoms with Gasteiger partial charge in [0.05, 0.1) is 23.9 Å². The number of carbonyl (C=O) groups is 1. The van der Waals surface area contributed by atoms with Crippen molar-refractivity contribution in [3.05, 3.63) is 53.6 Å². The first-order chi connectivity index (χ1) is 12.0. The van der Waals surface area contributed by atoms with Gasteiger partial charge in [-0.05, 0) is 49.1 Å². The monoisotopic (exact) mass is 340 g/mol. The van der Waals surface area contributed by atoms with Crippen LogP contribution >= 0.6 is 0 Å². The van der Waals surface area contributed by atoms with Gasteiger partial charge in [0.2, 0.25) is 5.91 Å². The Hall–Kier alpha value is -2.53. The van der Waals surface area contributed by atoms with Crippen molar-refractivity contribution in [1.82, 2.24) is 0 Å². The van der Waals surface area contributed by atoms with Crippen LogP contribution in [0.5, 0.6) is 5.75 Å². The Morgan fingerprint density at radius 2 is 1.92 bits per heavy atom. The van der Waals surface area contributed by atoms with Crippen LogP contribution in [0.1, 0.15) is 24.0 Å². The maximum atomic E-state index is 12.4. The molecule has 0 spiro atoms. The lowest BCUT2D eigenvalue weighted by atomic mass is 10.1. The molecule has 0 unspecified atom stereocenters. The molecular formula is C20H24N2O3. The van der Waals surface area contributed by atoms with E-state index in [9.17, 15) is 15.0 Å². The fourth-order valence-corrected chi connectivity index (χ4v) is 3.11. The molecule has 2 aromatic rings. The van der Waals surface area contributed by atoms with E-state index in [1.807, 2.05) is 43.3 Å². The van der Waals surface area contributed by atoms with Crippen LogP contribution in [-0.2, 0) is 11.2 Å². The summed E-state index contributed by atoms with van der Waals surface area (Å²) in [6, 6.07) is 13.0. The molecule has 3 N–H and O–H groups in total. The van der Waals surface area contributed by atoms with Crippen molar-refractivity contribution in [3.8, 4) is 5.75 Å². The van der Waals surface area contributed by atoms with E-state index in [1.54, 1.807) is 6.07 Å². The molecule has 5 nitrogen and oxygen atoms in total. The van der Waals surface area contributed by atoms with Crippen LogP contribution in [-0.4, -0.2) is 35.3 Å². The number of anilines is 2. The zero-order chi connectivity index (χ0) is 17.8. The van der Waals surface area contributed by atoms with Gasteiger partial charge >= 0.3 is 0 Å². The number of amides is 1. The van der Waals surface area contributed by atoms with Crippen molar-refractivity contribution >= 4 is 17.3 Å². The molecule has 3 rings (SSSR count). The molecule has 1 fully saturated rings. The van der Waals surface area contributed by atoms with Gasteiger partial charge in [-0.1, -0.05) is 24.3 Å². The number of rotatable bonds is 4. The summed E-state index contributed by atoms with van der Waals surface area (Å²) in [5, 5.41) is 22.4. The number of piperidine rings is 1. The number of aliphatic hydroxyl groups is 1. The Bertz CT molecular complexity index is 752. The number of para-hydroxylation sites is 2. The minimum Gasteiger partial charge on any atom is -0.508 e. The summed E-state index contributed by atoms with van der Waals surface area (Å²) in [6.07, 6.45) is 1.46. The maximum Gasteiger partial charge on any atom is 0.228 e. The third-order valence-electron chi connectivity index (χ3n) is 4.62. The van der Waals surface area contributed by atoms with Crippen molar-refractivity contribution in [2.75, 3.05) is 23.3 Å². The summed E-state index contributed by atoms with van der Waals surface area (Å²) in [5.41, 5.74) is 3.33. The molecule has 0 saturated carbocycles. The van der Waals surface area contributed by atoms with Gasteiger partial charge in [-0.25, -0.2) is 0 Å².